The highest BCUT2D eigenvalue weighted by molar-refractivity contribution is 5.44. The zero-order valence-corrected chi connectivity index (χ0v) is 8.97. The Balaban J connectivity index is 2.12. The quantitative estimate of drug-likeness (QED) is 0.664. The first-order valence-corrected chi connectivity index (χ1v) is 5.50. The molecule has 1 fully saturated rings. The van der Waals surface area contributed by atoms with Crippen LogP contribution in [0.3, 0.4) is 0 Å². The van der Waals surface area contributed by atoms with Gasteiger partial charge in [0.25, 0.3) is 0 Å². The molecule has 0 aromatic heterocycles. The molecule has 2 N–H and O–H groups in total. The van der Waals surface area contributed by atoms with E-state index in [2.05, 4.69) is 35.8 Å². The molecule has 1 saturated heterocycles. The van der Waals surface area contributed by atoms with Crippen molar-refractivity contribution in [2.24, 2.45) is 0 Å². The van der Waals surface area contributed by atoms with Crippen LogP contribution in [0.5, 0.6) is 5.75 Å². The second-order valence-electron chi connectivity index (χ2n) is 4.46. The summed E-state index contributed by atoms with van der Waals surface area (Å²) in [4.78, 5) is 0. The fourth-order valence-corrected chi connectivity index (χ4v) is 2.55. The third kappa shape index (κ3) is 1.34. The van der Waals surface area contributed by atoms with Crippen LogP contribution in [0.15, 0.2) is 18.2 Å². The Labute approximate surface area is 89.8 Å². The molecule has 2 aliphatic rings. The Bertz CT molecular complexity index is 383. The minimum Gasteiger partial charge on any atom is -0.493 e. The molecule has 1 atom stereocenters. The van der Waals surface area contributed by atoms with Gasteiger partial charge in [0.2, 0.25) is 0 Å². The van der Waals surface area contributed by atoms with Gasteiger partial charge in [-0.15, -0.1) is 0 Å². The van der Waals surface area contributed by atoms with Crippen molar-refractivity contribution in [1.82, 2.24) is 10.6 Å². The summed E-state index contributed by atoms with van der Waals surface area (Å²) in [6, 6.07) is 6.44. The van der Waals surface area contributed by atoms with Crippen LogP contribution in [0.1, 0.15) is 17.5 Å². The molecule has 1 unspecified atom stereocenters. The molecule has 0 saturated carbocycles. The van der Waals surface area contributed by atoms with Gasteiger partial charge in [0.05, 0.1) is 12.1 Å². The van der Waals surface area contributed by atoms with Crippen molar-refractivity contribution >= 4 is 0 Å². The number of benzene rings is 1. The molecule has 1 aromatic carbocycles. The Morgan fingerprint density at radius 2 is 2.33 bits per heavy atom. The maximum Gasteiger partial charge on any atom is 0.124 e. The van der Waals surface area contributed by atoms with E-state index in [1.165, 1.54) is 11.1 Å². The van der Waals surface area contributed by atoms with Gasteiger partial charge in [0.15, 0.2) is 0 Å². The average molecular weight is 204 g/mol. The number of aryl methyl sites for hydroxylation is 1. The number of ether oxygens (including phenoxy) is 1. The van der Waals surface area contributed by atoms with E-state index >= 15 is 0 Å². The van der Waals surface area contributed by atoms with Crippen molar-refractivity contribution in [3.05, 3.63) is 29.3 Å². The molecule has 1 aromatic rings. The first kappa shape index (κ1) is 9.19. The maximum absolute atomic E-state index is 5.70. The highest BCUT2D eigenvalue weighted by atomic mass is 16.5. The molecule has 15 heavy (non-hydrogen) atoms. The molecule has 3 rings (SSSR count). The van der Waals surface area contributed by atoms with Gasteiger partial charge in [0.1, 0.15) is 5.75 Å². The van der Waals surface area contributed by atoms with E-state index in [4.69, 9.17) is 4.74 Å². The Kier molecular flexibility index (Phi) is 1.97. The largest absolute Gasteiger partial charge is 0.493 e. The Morgan fingerprint density at radius 1 is 1.40 bits per heavy atom. The number of fused-ring (bicyclic) bond motifs is 2. The Morgan fingerprint density at radius 3 is 3.13 bits per heavy atom. The number of rotatable bonds is 0. The van der Waals surface area contributed by atoms with Crippen LogP contribution >= 0.6 is 0 Å². The van der Waals surface area contributed by atoms with Crippen molar-refractivity contribution in [2.75, 3.05) is 19.8 Å². The molecule has 0 aliphatic carbocycles. The molecule has 3 heteroatoms. The normalized spacial score (nSPS) is 28.9. The lowest BCUT2D eigenvalue weighted by atomic mass is 9.84. The standard InChI is InChI=1S/C12H16N2O/c1-9-2-3-11-10(6-9)12(4-5-15-11)7-13-8-14-12/h2-3,6,13-14H,4-5,7-8H2,1H3. The van der Waals surface area contributed by atoms with E-state index in [0.717, 1.165) is 32.0 Å². The van der Waals surface area contributed by atoms with Gasteiger partial charge < -0.3 is 10.1 Å². The SMILES string of the molecule is Cc1ccc2c(c1)C1(CCO2)CNCN1. The van der Waals surface area contributed by atoms with Gasteiger partial charge >= 0.3 is 0 Å². The van der Waals surface area contributed by atoms with Crippen LogP contribution in [0.4, 0.5) is 0 Å². The van der Waals surface area contributed by atoms with Crippen molar-refractivity contribution in [3.8, 4) is 5.75 Å². The van der Waals surface area contributed by atoms with Crippen LogP contribution in [-0.4, -0.2) is 19.8 Å². The first-order chi connectivity index (χ1) is 7.30. The Hall–Kier alpha value is -1.06. The summed E-state index contributed by atoms with van der Waals surface area (Å²) in [6.45, 7) is 4.84. The van der Waals surface area contributed by atoms with Gasteiger partial charge in [-0.1, -0.05) is 17.7 Å². The van der Waals surface area contributed by atoms with Crippen LogP contribution in [0.25, 0.3) is 0 Å². The molecular formula is C12H16N2O. The second kappa shape index (κ2) is 3.22. The molecule has 3 nitrogen and oxygen atoms in total. The second-order valence-corrected chi connectivity index (χ2v) is 4.46. The predicted molar refractivity (Wildman–Crippen MR) is 59.0 cm³/mol. The molecule has 2 aliphatic heterocycles. The van der Waals surface area contributed by atoms with Crippen LogP contribution in [0.2, 0.25) is 0 Å². The van der Waals surface area contributed by atoms with Crippen molar-refractivity contribution in [3.63, 3.8) is 0 Å². The molecule has 2 heterocycles. The van der Waals surface area contributed by atoms with Crippen molar-refractivity contribution in [2.45, 2.75) is 18.9 Å². The van der Waals surface area contributed by atoms with Gasteiger partial charge in [0, 0.05) is 25.2 Å². The summed E-state index contributed by atoms with van der Waals surface area (Å²) in [5.41, 5.74) is 2.73. The predicted octanol–water partition coefficient (Wildman–Crippen LogP) is 1.12. The van der Waals surface area contributed by atoms with E-state index < -0.39 is 0 Å². The summed E-state index contributed by atoms with van der Waals surface area (Å²) in [5, 5.41) is 6.94. The smallest absolute Gasteiger partial charge is 0.124 e. The molecule has 80 valence electrons. The first-order valence-electron chi connectivity index (χ1n) is 5.50. The van der Waals surface area contributed by atoms with E-state index in [0.29, 0.717) is 0 Å². The third-order valence-electron chi connectivity index (χ3n) is 3.42. The fourth-order valence-electron chi connectivity index (χ4n) is 2.55. The topological polar surface area (TPSA) is 33.3 Å². The lowest BCUT2D eigenvalue weighted by Crippen LogP contribution is -2.43. The highest BCUT2D eigenvalue weighted by Crippen LogP contribution is 2.38. The van der Waals surface area contributed by atoms with Crippen LogP contribution in [0, 0.1) is 6.92 Å². The van der Waals surface area contributed by atoms with Gasteiger partial charge in [-0.2, -0.15) is 0 Å². The van der Waals surface area contributed by atoms with Gasteiger partial charge in [-0.3, -0.25) is 5.32 Å². The summed E-state index contributed by atoms with van der Waals surface area (Å²) in [5.74, 6) is 1.04. The molecule has 1 spiro atoms. The molecule has 0 bridgehead atoms. The van der Waals surface area contributed by atoms with E-state index in [1.54, 1.807) is 0 Å². The average Bonchev–Trinajstić information content (AvgIpc) is 2.69. The monoisotopic (exact) mass is 204 g/mol. The number of nitrogens with one attached hydrogen (secondary N) is 2. The lowest BCUT2D eigenvalue weighted by molar-refractivity contribution is 0.208. The minimum absolute atomic E-state index is 0.111. The van der Waals surface area contributed by atoms with Gasteiger partial charge in [-0.25, -0.2) is 0 Å². The zero-order chi connectivity index (χ0) is 10.3. The third-order valence-corrected chi connectivity index (χ3v) is 3.42. The van der Waals surface area contributed by atoms with E-state index in [-0.39, 0.29) is 5.54 Å². The lowest BCUT2D eigenvalue weighted by Gasteiger charge is -2.35. The summed E-state index contributed by atoms with van der Waals surface area (Å²) in [6.07, 6.45) is 1.05. The number of hydrogen-bond donors (Lipinski definition) is 2. The van der Waals surface area contributed by atoms with E-state index in [1.807, 2.05) is 0 Å². The minimum atomic E-state index is 0.111. The van der Waals surface area contributed by atoms with Crippen LogP contribution in [-0.2, 0) is 5.54 Å². The van der Waals surface area contributed by atoms with E-state index in [9.17, 15) is 0 Å². The fraction of sp³-hybridized carbons (Fsp3) is 0.500. The zero-order valence-electron chi connectivity index (χ0n) is 8.97. The summed E-state index contributed by atoms with van der Waals surface area (Å²) >= 11 is 0. The maximum atomic E-state index is 5.70. The summed E-state index contributed by atoms with van der Waals surface area (Å²) < 4.78 is 5.70. The molecule has 0 radical (unpaired) electrons. The highest BCUT2D eigenvalue weighted by Gasteiger charge is 2.39. The van der Waals surface area contributed by atoms with Crippen molar-refractivity contribution in [1.29, 1.82) is 0 Å². The van der Waals surface area contributed by atoms with Gasteiger partial charge in [-0.05, 0) is 13.0 Å². The number of hydrogen-bond acceptors (Lipinski definition) is 3. The molecular weight excluding hydrogens is 188 g/mol. The van der Waals surface area contributed by atoms with Crippen LogP contribution < -0.4 is 15.4 Å². The molecule has 0 amide bonds. The van der Waals surface area contributed by atoms with Crippen molar-refractivity contribution < 1.29 is 4.74 Å². The summed E-state index contributed by atoms with van der Waals surface area (Å²) in [7, 11) is 0.